The Morgan fingerprint density at radius 2 is 1.72 bits per heavy atom. The summed E-state index contributed by atoms with van der Waals surface area (Å²) in [7, 11) is -4.83. The minimum absolute atomic E-state index is 0.0517. The molecule has 16 heteroatoms. The molecular formula is C38H50FN6O8P. The molecule has 2 aromatic heterocycles. The van der Waals surface area contributed by atoms with Gasteiger partial charge in [-0.05, 0) is 36.2 Å². The lowest BCUT2D eigenvalue weighted by atomic mass is 9.92. The first-order valence-electron chi connectivity index (χ1n) is 18.5. The van der Waals surface area contributed by atoms with Crippen LogP contribution in [0.2, 0.25) is 0 Å². The van der Waals surface area contributed by atoms with Crippen LogP contribution in [0.1, 0.15) is 107 Å². The molecule has 1 aliphatic heterocycles. The zero-order chi connectivity index (χ0) is 39.0. The van der Waals surface area contributed by atoms with E-state index in [2.05, 4.69) is 28.8 Å². The van der Waals surface area contributed by atoms with Gasteiger partial charge in [0.05, 0.1) is 31.1 Å². The third-order valence-electron chi connectivity index (χ3n) is 9.30. The number of aliphatic hydroxyl groups excluding tert-OH is 2. The summed E-state index contributed by atoms with van der Waals surface area (Å²) in [5.74, 6) is 5.36. The molecule has 0 spiro atoms. The lowest BCUT2D eigenvalue weighted by molar-refractivity contribution is -0.0650. The highest BCUT2D eigenvalue weighted by atomic mass is 31.2. The largest absolute Gasteiger partial charge is 0.472 e. The predicted octanol–water partition coefficient (Wildman–Crippen LogP) is 5.98. The number of anilines is 1. The average Bonchev–Trinajstić information content (AvgIpc) is 3.71. The first kappa shape index (κ1) is 42.8. The minimum Gasteiger partial charge on any atom is -0.387 e. The van der Waals surface area contributed by atoms with Crippen LogP contribution in [0.15, 0.2) is 36.7 Å². The molecule has 1 unspecified atom stereocenters. The molecule has 14 nitrogen and oxygen atoms in total. The van der Waals surface area contributed by atoms with Crippen LogP contribution >= 0.6 is 7.82 Å². The number of aliphatic hydroxyl groups is 2. The maximum atomic E-state index is 14.2. The molecule has 1 fully saturated rings. The fraction of sp³-hybridized carbons (Fsp3) is 0.579. The van der Waals surface area contributed by atoms with Crippen molar-refractivity contribution in [2.45, 2.75) is 127 Å². The van der Waals surface area contributed by atoms with Gasteiger partial charge in [0.25, 0.3) is 0 Å². The van der Waals surface area contributed by atoms with Crippen molar-refractivity contribution in [2.75, 3.05) is 18.9 Å². The number of benzene rings is 1. The average molecular weight is 769 g/mol. The Morgan fingerprint density at radius 3 is 2.37 bits per heavy atom. The molecule has 1 saturated heterocycles. The topological polar surface area (TPSA) is 218 Å². The second kappa shape index (κ2) is 21.2. The smallest absolute Gasteiger partial charge is 0.387 e. The standard InChI is InChI=1S/C38H50FN6O8P/c1-2-3-4-5-6-7-8-9-10-11-12-13-14-15-16-30(50-23-28-17-18-29(22-40)31(39)21-28)24-51-54(48,49)52-25-33-35(46)36(47)38(26-41,53-33)34-20-19-32-37(42)43-27-44-45(32)34/h17-21,27,30,33,35-36,46-47H,2-14,23-25H2,1H3,(H,48,49)(H2,42,43,44)/t30-,33-,35-,36-,38+/m1/s1. The number of hydrogen-bond donors (Lipinski definition) is 4. The van der Waals surface area contributed by atoms with E-state index >= 15 is 0 Å². The van der Waals surface area contributed by atoms with E-state index in [9.17, 15) is 29.3 Å². The minimum atomic E-state index is -4.83. The number of phosphoric ester groups is 1. The molecule has 1 aliphatic rings. The Balaban J connectivity index is 1.29. The normalized spacial score (nSPS) is 21.2. The molecule has 0 aliphatic carbocycles. The van der Waals surface area contributed by atoms with Crippen LogP contribution in [-0.4, -0.2) is 67.3 Å². The summed E-state index contributed by atoms with van der Waals surface area (Å²) in [6.07, 6.45) is 10.3. The maximum absolute atomic E-state index is 14.2. The molecule has 1 aromatic carbocycles. The number of phosphoric acid groups is 1. The molecule has 5 N–H and O–H groups in total. The summed E-state index contributed by atoms with van der Waals surface area (Å²) < 4.78 is 50.3. The molecule has 3 heterocycles. The summed E-state index contributed by atoms with van der Waals surface area (Å²) in [4.78, 5) is 14.4. The Morgan fingerprint density at radius 1 is 1.04 bits per heavy atom. The van der Waals surface area contributed by atoms with Crippen molar-refractivity contribution in [3.05, 3.63) is 59.3 Å². The number of rotatable bonds is 22. The van der Waals surface area contributed by atoms with Crippen molar-refractivity contribution in [3.8, 4) is 24.0 Å². The molecule has 0 saturated carbocycles. The van der Waals surface area contributed by atoms with E-state index in [1.54, 1.807) is 6.07 Å². The number of nitriles is 2. The van der Waals surface area contributed by atoms with Crippen LogP contribution in [0.5, 0.6) is 0 Å². The number of halogens is 1. The third-order valence-corrected chi connectivity index (χ3v) is 10.3. The van der Waals surface area contributed by atoms with Crippen molar-refractivity contribution < 1.29 is 42.6 Å². The number of unbranched alkanes of at least 4 members (excludes halogenated alkanes) is 12. The van der Waals surface area contributed by atoms with Crippen LogP contribution < -0.4 is 5.73 Å². The van der Waals surface area contributed by atoms with Gasteiger partial charge >= 0.3 is 7.82 Å². The summed E-state index contributed by atoms with van der Waals surface area (Å²) in [6, 6.07) is 10.6. The van der Waals surface area contributed by atoms with Crippen LogP contribution in [0.25, 0.3) is 5.52 Å². The van der Waals surface area contributed by atoms with Crippen LogP contribution in [-0.2, 0) is 35.3 Å². The zero-order valence-electron chi connectivity index (χ0n) is 30.6. The van der Waals surface area contributed by atoms with Crippen LogP contribution in [0.4, 0.5) is 10.2 Å². The van der Waals surface area contributed by atoms with Crippen molar-refractivity contribution in [1.29, 1.82) is 10.5 Å². The lowest BCUT2D eigenvalue weighted by Gasteiger charge is -2.24. The summed E-state index contributed by atoms with van der Waals surface area (Å²) in [6.45, 7) is 0.856. The number of nitrogens with two attached hydrogens (primary N) is 1. The summed E-state index contributed by atoms with van der Waals surface area (Å²) >= 11 is 0. The number of nitrogen functional groups attached to an aromatic ring is 1. The van der Waals surface area contributed by atoms with Crippen LogP contribution in [0, 0.1) is 40.3 Å². The third kappa shape index (κ3) is 11.8. The fourth-order valence-corrected chi connectivity index (χ4v) is 6.96. The molecular weight excluding hydrogens is 718 g/mol. The van der Waals surface area contributed by atoms with E-state index < -0.39 is 56.9 Å². The molecule has 0 bridgehead atoms. The molecule has 54 heavy (non-hydrogen) atoms. The fourth-order valence-electron chi connectivity index (χ4n) is 6.22. The quantitative estimate of drug-likeness (QED) is 0.0526. The first-order valence-corrected chi connectivity index (χ1v) is 20.0. The van der Waals surface area contributed by atoms with Gasteiger partial charge in [0.1, 0.15) is 54.2 Å². The molecule has 6 atom stereocenters. The highest BCUT2D eigenvalue weighted by Gasteiger charge is 2.58. The monoisotopic (exact) mass is 768 g/mol. The van der Waals surface area contributed by atoms with Crippen LogP contribution in [0.3, 0.4) is 0 Å². The van der Waals surface area contributed by atoms with Gasteiger partial charge < -0.3 is 30.3 Å². The summed E-state index contributed by atoms with van der Waals surface area (Å²) in [5.41, 5.74) is 4.44. The van der Waals surface area contributed by atoms with Gasteiger partial charge in [-0.3, -0.25) is 9.05 Å². The molecule has 0 amide bonds. The zero-order valence-corrected chi connectivity index (χ0v) is 31.5. The van der Waals surface area contributed by atoms with Gasteiger partial charge in [-0.25, -0.2) is 18.5 Å². The number of fused-ring (bicyclic) bond motifs is 1. The second-order valence-corrected chi connectivity index (χ2v) is 14.8. The number of hydrogen-bond acceptors (Lipinski definition) is 12. The van der Waals surface area contributed by atoms with Crippen molar-refractivity contribution in [2.24, 2.45) is 0 Å². The van der Waals surface area contributed by atoms with Gasteiger partial charge in [-0.15, -0.1) is 5.92 Å². The van der Waals surface area contributed by atoms with E-state index in [4.69, 9.17) is 29.5 Å². The Bertz CT molecular complexity index is 1850. The Kier molecular flexibility index (Phi) is 16.8. The molecule has 0 radical (unpaired) electrons. The number of aromatic nitrogens is 3. The number of nitrogens with zero attached hydrogens (tertiary/aromatic N) is 5. The Hall–Kier alpha value is -3.94. The van der Waals surface area contributed by atoms with Gasteiger partial charge in [0.2, 0.25) is 5.60 Å². The van der Waals surface area contributed by atoms with E-state index in [1.165, 1.54) is 86.6 Å². The SMILES string of the molecule is CCCCCCCCCCCCCCC#C[C@H](COP(=O)(O)OC[C@H]1O[C@@](C#N)(c2ccc3c(N)ncnn23)[C@H](O)[C@@H]1O)OCc1ccc(C#N)c(F)c1. The van der Waals surface area contributed by atoms with Gasteiger partial charge in [0, 0.05) is 6.42 Å². The molecule has 3 aromatic rings. The van der Waals surface area contributed by atoms with E-state index in [-0.39, 0.29) is 23.7 Å². The van der Waals surface area contributed by atoms with Crippen molar-refractivity contribution in [3.63, 3.8) is 0 Å². The maximum Gasteiger partial charge on any atom is 0.472 e. The van der Waals surface area contributed by atoms with E-state index in [1.807, 2.05) is 6.07 Å². The number of ether oxygens (including phenoxy) is 2. The lowest BCUT2D eigenvalue weighted by Crippen LogP contribution is -2.41. The van der Waals surface area contributed by atoms with Crippen molar-refractivity contribution >= 4 is 19.2 Å². The van der Waals surface area contributed by atoms with E-state index in [0.717, 1.165) is 31.7 Å². The van der Waals surface area contributed by atoms with Crippen molar-refractivity contribution in [1.82, 2.24) is 14.6 Å². The molecule has 4 rings (SSSR count). The Labute approximate surface area is 315 Å². The highest BCUT2D eigenvalue weighted by molar-refractivity contribution is 7.47. The van der Waals surface area contributed by atoms with Gasteiger partial charge in [-0.2, -0.15) is 15.6 Å². The summed E-state index contributed by atoms with van der Waals surface area (Å²) in [5, 5.41) is 44.9. The second-order valence-electron chi connectivity index (χ2n) is 13.3. The van der Waals surface area contributed by atoms with Gasteiger partial charge in [-0.1, -0.05) is 89.5 Å². The highest BCUT2D eigenvalue weighted by Crippen LogP contribution is 2.46. The first-order chi connectivity index (χ1) is 26.0. The van der Waals surface area contributed by atoms with Gasteiger partial charge in [0.15, 0.2) is 5.82 Å². The predicted molar refractivity (Wildman–Crippen MR) is 196 cm³/mol. The molecule has 292 valence electrons. The van der Waals surface area contributed by atoms with E-state index in [0.29, 0.717) is 17.5 Å².